The van der Waals surface area contributed by atoms with Gasteiger partial charge in [-0.1, -0.05) is 25.8 Å². The molecule has 0 heterocycles. The van der Waals surface area contributed by atoms with Crippen LogP contribution in [0.3, 0.4) is 0 Å². The SMILES string of the molecule is CC1CCCC(c2ccc(N)c(S)c2)C1. The number of hydrogen-bond donors (Lipinski definition) is 2. The van der Waals surface area contributed by atoms with Gasteiger partial charge in [0, 0.05) is 10.6 Å². The molecule has 15 heavy (non-hydrogen) atoms. The molecule has 2 N–H and O–H groups in total. The van der Waals surface area contributed by atoms with Crippen LogP contribution in [0.25, 0.3) is 0 Å². The van der Waals surface area contributed by atoms with E-state index >= 15 is 0 Å². The smallest absolute Gasteiger partial charge is 0.0449 e. The second-order valence-corrected chi connectivity index (χ2v) is 5.27. The third kappa shape index (κ3) is 2.49. The first-order valence-corrected chi connectivity index (χ1v) is 6.20. The van der Waals surface area contributed by atoms with Crippen molar-refractivity contribution in [3.8, 4) is 0 Å². The molecule has 1 nitrogen and oxygen atoms in total. The molecule has 0 bridgehead atoms. The third-order valence-corrected chi connectivity index (χ3v) is 3.85. The van der Waals surface area contributed by atoms with Gasteiger partial charge >= 0.3 is 0 Å². The summed E-state index contributed by atoms with van der Waals surface area (Å²) in [6.45, 7) is 2.35. The molecule has 2 atom stereocenters. The maximum absolute atomic E-state index is 5.77. The topological polar surface area (TPSA) is 26.0 Å². The van der Waals surface area contributed by atoms with E-state index in [-0.39, 0.29) is 0 Å². The molecule has 0 amide bonds. The van der Waals surface area contributed by atoms with Crippen LogP contribution >= 0.6 is 12.6 Å². The van der Waals surface area contributed by atoms with E-state index in [0.29, 0.717) is 0 Å². The molecule has 2 unspecified atom stereocenters. The molecule has 2 rings (SSSR count). The van der Waals surface area contributed by atoms with Gasteiger partial charge in [0.1, 0.15) is 0 Å². The van der Waals surface area contributed by atoms with Crippen molar-refractivity contribution in [3.63, 3.8) is 0 Å². The summed E-state index contributed by atoms with van der Waals surface area (Å²) in [4.78, 5) is 0.922. The highest BCUT2D eigenvalue weighted by atomic mass is 32.1. The van der Waals surface area contributed by atoms with E-state index in [1.807, 2.05) is 6.07 Å². The number of rotatable bonds is 1. The van der Waals surface area contributed by atoms with E-state index in [2.05, 4.69) is 31.7 Å². The van der Waals surface area contributed by atoms with Gasteiger partial charge in [0.25, 0.3) is 0 Å². The van der Waals surface area contributed by atoms with Gasteiger partial charge in [-0.15, -0.1) is 12.6 Å². The molecule has 0 radical (unpaired) electrons. The first kappa shape index (κ1) is 10.9. The van der Waals surface area contributed by atoms with Crippen molar-refractivity contribution < 1.29 is 0 Å². The van der Waals surface area contributed by atoms with Crippen LogP contribution in [0.15, 0.2) is 23.1 Å². The number of anilines is 1. The first-order valence-electron chi connectivity index (χ1n) is 5.75. The van der Waals surface area contributed by atoms with Crippen LogP contribution in [0.1, 0.15) is 44.1 Å². The molecule has 1 aliphatic carbocycles. The number of benzene rings is 1. The van der Waals surface area contributed by atoms with Crippen LogP contribution in [-0.2, 0) is 0 Å². The zero-order valence-corrected chi connectivity index (χ0v) is 10.1. The maximum Gasteiger partial charge on any atom is 0.0449 e. The van der Waals surface area contributed by atoms with Crippen LogP contribution in [0.2, 0.25) is 0 Å². The van der Waals surface area contributed by atoms with Crippen molar-refractivity contribution in [1.29, 1.82) is 0 Å². The molecule has 1 aromatic rings. The molecular weight excluding hydrogens is 202 g/mol. The monoisotopic (exact) mass is 221 g/mol. The van der Waals surface area contributed by atoms with Crippen molar-refractivity contribution >= 4 is 18.3 Å². The summed E-state index contributed by atoms with van der Waals surface area (Å²) < 4.78 is 0. The highest BCUT2D eigenvalue weighted by molar-refractivity contribution is 7.80. The van der Waals surface area contributed by atoms with E-state index in [1.54, 1.807) is 0 Å². The molecule has 1 fully saturated rings. The molecule has 0 spiro atoms. The Morgan fingerprint density at radius 1 is 1.33 bits per heavy atom. The van der Waals surface area contributed by atoms with Crippen LogP contribution < -0.4 is 5.73 Å². The third-order valence-electron chi connectivity index (χ3n) is 3.46. The molecule has 0 aromatic heterocycles. The van der Waals surface area contributed by atoms with E-state index in [4.69, 9.17) is 5.73 Å². The Labute approximate surface area is 97.5 Å². The summed E-state index contributed by atoms with van der Waals surface area (Å²) in [6, 6.07) is 6.29. The lowest BCUT2D eigenvalue weighted by Crippen LogP contribution is -2.11. The summed E-state index contributed by atoms with van der Waals surface area (Å²) in [6.07, 6.45) is 5.38. The second-order valence-electron chi connectivity index (χ2n) is 4.79. The average molecular weight is 221 g/mol. The molecule has 82 valence electrons. The standard InChI is InChI=1S/C13H19NS/c1-9-3-2-4-10(7-9)11-5-6-12(14)13(15)8-11/h5-6,8-10,15H,2-4,7,14H2,1H3. The summed E-state index contributed by atoms with van der Waals surface area (Å²) in [5.41, 5.74) is 7.97. The van der Waals surface area contributed by atoms with Gasteiger partial charge in [0.15, 0.2) is 0 Å². The quantitative estimate of drug-likeness (QED) is 0.547. The molecule has 0 aliphatic heterocycles. The van der Waals surface area contributed by atoms with Gasteiger partial charge in [0.05, 0.1) is 0 Å². The molecule has 1 aliphatic rings. The van der Waals surface area contributed by atoms with Crippen molar-refractivity contribution in [3.05, 3.63) is 23.8 Å². The maximum atomic E-state index is 5.77. The van der Waals surface area contributed by atoms with Crippen molar-refractivity contribution in [1.82, 2.24) is 0 Å². The normalized spacial score (nSPS) is 26.5. The van der Waals surface area contributed by atoms with Crippen LogP contribution in [0, 0.1) is 5.92 Å². The molecule has 1 aromatic carbocycles. The minimum absolute atomic E-state index is 0.722. The number of nitrogen functional groups attached to an aromatic ring is 1. The predicted molar refractivity (Wildman–Crippen MR) is 68.5 cm³/mol. The highest BCUT2D eigenvalue weighted by Crippen LogP contribution is 2.37. The Balaban J connectivity index is 2.18. The van der Waals surface area contributed by atoms with Gasteiger partial charge in [-0.25, -0.2) is 0 Å². The predicted octanol–water partition coefficient (Wildman–Crippen LogP) is 3.85. The Morgan fingerprint density at radius 3 is 2.80 bits per heavy atom. The molecular formula is C13H19NS. The Kier molecular flexibility index (Phi) is 3.25. The molecule has 0 saturated heterocycles. The van der Waals surface area contributed by atoms with Crippen molar-refractivity contribution in [2.45, 2.75) is 43.4 Å². The highest BCUT2D eigenvalue weighted by Gasteiger charge is 2.20. The summed E-state index contributed by atoms with van der Waals surface area (Å²) in [5, 5.41) is 0. The number of hydrogen-bond acceptors (Lipinski definition) is 2. The van der Waals surface area contributed by atoms with Gasteiger partial charge in [-0.3, -0.25) is 0 Å². The molecule has 2 heteroatoms. The van der Waals surface area contributed by atoms with Gasteiger partial charge < -0.3 is 5.73 Å². The van der Waals surface area contributed by atoms with Crippen molar-refractivity contribution in [2.75, 3.05) is 5.73 Å². The first-order chi connectivity index (χ1) is 7.16. The van der Waals surface area contributed by atoms with Crippen molar-refractivity contribution in [2.24, 2.45) is 5.92 Å². The Morgan fingerprint density at radius 2 is 2.13 bits per heavy atom. The second kappa shape index (κ2) is 4.48. The molecule has 1 saturated carbocycles. The van der Waals surface area contributed by atoms with E-state index in [1.165, 1.54) is 31.2 Å². The zero-order valence-electron chi connectivity index (χ0n) is 9.24. The lowest BCUT2D eigenvalue weighted by molar-refractivity contribution is 0.344. The van der Waals surface area contributed by atoms with Gasteiger partial charge in [0.2, 0.25) is 0 Å². The van der Waals surface area contributed by atoms with E-state index in [9.17, 15) is 0 Å². The van der Waals surface area contributed by atoms with E-state index in [0.717, 1.165) is 22.4 Å². The minimum Gasteiger partial charge on any atom is -0.398 e. The lowest BCUT2D eigenvalue weighted by atomic mass is 9.79. The van der Waals surface area contributed by atoms with Crippen LogP contribution in [-0.4, -0.2) is 0 Å². The average Bonchev–Trinajstić information content (AvgIpc) is 2.22. The van der Waals surface area contributed by atoms with E-state index < -0.39 is 0 Å². The Bertz CT molecular complexity index is 348. The van der Waals surface area contributed by atoms with Gasteiger partial charge in [-0.2, -0.15) is 0 Å². The summed E-state index contributed by atoms with van der Waals surface area (Å²) in [7, 11) is 0. The lowest BCUT2D eigenvalue weighted by Gasteiger charge is -2.27. The fourth-order valence-corrected chi connectivity index (χ4v) is 2.78. The fourth-order valence-electron chi connectivity index (χ4n) is 2.55. The number of thiol groups is 1. The summed E-state index contributed by atoms with van der Waals surface area (Å²) in [5.74, 6) is 1.59. The fraction of sp³-hybridized carbons (Fsp3) is 0.538. The van der Waals surface area contributed by atoms with Crippen LogP contribution in [0.5, 0.6) is 0 Å². The summed E-state index contributed by atoms with van der Waals surface area (Å²) >= 11 is 4.38. The Hall–Kier alpha value is -0.630. The largest absolute Gasteiger partial charge is 0.398 e. The van der Waals surface area contributed by atoms with Crippen LogP contribution in [0.4, 0.5) is 5.69 Å². The zero-order chi connectivity index (χ0) is 10.8. The number of nitrogens with two attached hydrogens (primary N) is 1. The minimum atomic E-state index is 0.722. The van der Waals surface area contributed by atoms with Gasteiger partial charge in [-0.05, 0) is 42.4 Å².